The quantitative estimate of drug-likeness (QED) is 0.471. The second-order valence-corrected chi connectivity index (χ2v) is 5.22. The molecule has 3 rings (SSSR count). The molecule has 5 heteroatoms. The minimum atomic E-state index is -0.225. The van der Waals surface area contributed by atoms with Crippen molar-refractivity contribution < 1.29 is 30.7 Å². The van der Waals surface area contributed by atoms with Crippen LogP contribution in [0.3, 0.4) is 0 Å². The van der Waals surface area contributed by atoms with Crippen LogP contribution < -0.4 is 21.5 Å². The molecule has 1 aromatic heterocycles. The van der Waals surface area contributed by atoms with E-state index >= 15 is 0 Å². The van der Waals surface area contributed by atoms with E-state index in [-0.39, 0.29) is 28.6 Å². The van der Waals surface area contributed by atoms with Gasteiger partial charge in [0.05, 0.1) is 0 Å². The molecule has 3 nitrogen and oxygen atoms in total. The Kier molecular flexibility index (Phi) is 5.45. The van der Waals surface area contributed by atoms with E-state index in [1.54, 1.807) is 19.1 Å². The van der Waals surface area contributed by atoms with Gasteiger partial charge >= 0.3 is 0 Å². The van der Waals surface area contributed by atoms with Gasteiger partial charge in [-0.05, 0) is 48.9 Å². The number of rotatable bonds is 4. The van der Waals surface area contributed by atoms with E-state index in [4.69, 9.17) is 0 Å². The number of aromatic nitrogens is 2. The number of carbonyl (C=O) groups is 1. The number of hydrogen-bond acceptors (Lipinski definition) is 1. The lowest BCUT2D eigenvalue weighted by Crippen LogP contribution is -3.00. The number of Topliss-reactive ketones (excluding diaryl/α,β-unsaturated/α-hetero) is 1. The van der Waals surface area contributed by atoms with E-state index in [1.165, 1.54) is 12.1 Å². The second kappa shape index (κ2) is 7.33. The van der Waals surface area contributed by atoms with Crippen molar-refractivity contribution >= 4 is 5.78 Å². The third-order valence-corrected chi connectivity index (χ3v) is 3.54. The van der Waals surface area contributed by atoms with Crippen LogP contribution in [0.1, 0.15) is 22.8 Å². The van der Waals surface area contributed by atoms with Gasteiger partial charge in [0.25, 0.3) is 0 Å². The van der Waals surface area contributed by atoms with E-state index in [9.17, 15) is 9.18 Å². The van der Waals surface area contributed by atoms with Crippen molar-refractivity contribution in [1.82, 2.24) is 4.57 Å². The zero-order valence-electron chi connectivity index (χ0n) is 12.6. The van der Waals surface area contributed by atoms with Crippen LogP contribution in [-0.2, 0) is 6.54 Å². The van der Waals surface area contributed by atoms with Gasteiger partial charge in [-0.15, -0.1) is 0 Å². The summed E-state index contributed by atoms with van der Waals surface area (Å²) in [7, 11) is 0. The van der Waals surface area contributed by atoms with Crippen molar-refractivity contribution in [1.29, 1.82) is 0 Å². The standard InChI is InChI=1S/C18H16FN2O.BrH/c1-14(22)16-4-8-18(9-5-16)21-11-10-20(13-21)12-15-2-6-17(19)7-3-15;/h2-11,13H,12H2,1H3;1H/q+1;/p-1. The summed E-state index contributed by atoms with van der Waals surface area (Å²) in [6.45, 7) is 2.24. The molecule has 2 aromatic carbocycles. The van der Waals surface area contributed by atoms with Gasteiger partial charge in [0, 0.05) is 5.56 Å². The van der Waals surface area contributed by atoms with Gasteiger partial charge in [-0.1, -0.05) is 12.1 Å². The van der Waals surface area contributed by atoms with Crippen LogP contribution in [0.2, 0.25) is 0 Å². The minimum absolute atomic E-state index is 0. The molecule has 0 spiro atoms. The summed E-state index contributed by atoms with van der Waals surface area (Å²) in [5, 5.41) is 0. The van der Waals surface area contributed by atoms with Crippen molar-refractivity contribution in [3.63, 3.8) is 0 Å². The molecule has 0 amide bonds. The first-order valence-corrected chi connectivity index (χ1v) is 7.05. The zero-order chi connectivity index (χ0) is 15.5. The molecule has 0 atom stereocenters. The number of benzene rings is 2. The summed E-state index contributed by atoms with van der Waals surface area (Å²) < 4.78 is 16.9. The molecule has 23 heavy (non-hydrogen) atoms. The number of carbonyl (C=O) groups excluding carboxylic acids is 1. The van der Waals surface area contributed by atoms with E-state index in [2.05, 4.69) is 0 Å². The van der Waals surface area contributed by atoms with E-state index in [1.807, 2.05) is 52.1 Å². The summed E-state index contributed by atoms with van der Waals surface area (Å²) in [6.07, 6.45) is 5.88. The highest BCUT2D eigenvalue weighted by molar-refractivity contribution is 5.94. The van der Waals surface area contributed by atoms with Crippen LogP contribution >= 0.6 is 0 Å². The molecule has 0 aliphatic carbocycles. The van der Waals surface area contributed by atoms with Gasteiger partial charge in [0.15, 0.2) is 5.78 Å². The highest BCUT2D eigenvalue weighted by atomic mass is 79.9. The molecule has 0 unspecified atom stereocenters. The maximum Gasteiger partial charge on any atom is 0.249 e. The van der Waals surface area contributed by atoms with E-state index < -0.39 is 0 Å². The Morgan fingerprint density at radius 1 is 1.09 bits per heavy atom. The average molecular weight is 375 g/mol. The predicted octanol–water partition coefficient (Wildman–Crippen LogP) is 0.159. The Labute approximate surface area is 144 Å². The van der Waals surface area contributed by atoms with Crippen LogP contribution in [0, 0.1) is 5.82 Å². The van der Waals surface area contributed by atoms with Crippen molar-refractivity contribution in [2.24, 2.45) is 0 Å². The minimum Gasteiger partial charge on any atom is -1.00 e. The molecule has 1 heterocycles. The SMILES string of the molecule is CC(=O)c1ccc(-n2cc[n+](Cc3ccc(F)cc3)c2)cc1.[Br-]. The highest BCUT2D eigenvalue weighted by Crippen LogP contribution is 2.09. The topological polar surface area (TPSA) is 25.9 Å². The Morgan fingerprint density at radius 3 is 2.35 bits per heavy atom. The number of halogens is 2. The molecule has 0 saturated carbocycles. The van der Waals surface area contributed by atoms with Crippen LogP contribution in [-0.4, -0.2) is 10.4 Å². The van der Waals surface area contributed by atoms with Crippen molar-refractivity contribution in [2.75, 3.05) is 0 Å². The van der Waals surface area contributed by atoms with Crippen LogP contribution in [0.25, 0.3) is 5.69 Å². The molecular weight excluding hydrogens is 359 g/mol. The highest BCUT2D eigenvalue weighted by Gasteiger charge is 2.08. The molecule has 0 saturated heterocycles. The van der Waals surface area contributed by atoms with Crippen LogP contribution in [0.5, 0.6) is 0 Å². The Balaban J connectivity index is 0.00000192. The fourth-order valence-corrected chi connectivity index (χ4v) is 2.31. The lowest BCUT2D eigenvalue weighted by Gasteiger charge is -1.99. The molecule has 0 bridgehead atoms. The molecule has 0 aliphatic heterocycles. The van der Waals surface area contributed by atoms with Gasteiger partial charge in [0.2, 0.25) is 6.33 Å². The smallest absolute Gasteiger partial charge is 0.249 e. The zero-order valence-corrected chi connectivity index (χ0v) is 14.2. The maximum atomic E-state index is 12.9. The monoisotopic (exact) mass is 374 g/mol. The lowest BCUT2D eigenvalue weighted by molar-refractivity contribution is -0.687. The van der Waals surface area contributed by atoms with Crippen molar-refractivity contribution in [2.45, 2.75) is 13.5 Å². The lowest BCUT2D eigenvalue weighted by atomic mass is 10.1. The predicted molar refractivity (Wildman–Crippen MR) is 81.5 cm³/mol. The van der Waals surface area contributed by atoms with Gasteiger partial charge in [0.1, 0.15) is 30.4 Å². The van der Waals surface area contributed by atoms with Crippen LogP contribution in [0.4, 0.5) is 4.39 Å². The molecule has 0 N–H and O–H groups in total. The number of hydrogen-bond donors (Lipinski definition) is 0. The maximum absolute atomic E-state index is 12.9. The summed E-state index contributed by atoms with van der Waals surface area (Å²) in [5.74, 6) is -0.165. The van der Waals surface area contributed by atoms with Crippen LogP contribution in [0.15, 0.2) is 67.3 Å². The van der Waals surface area contributed by atoms with Gasteiger partial charge in [-0.2, -0.15) is 0 Å². The first-order chi connectivity index (χ1) is 10.6. The third-order valence-electron chi connectivity index (χ3n) is 3.54. The molecule has 0 fully saturated rings. The van der Waals surface area contributed by atoms with Gasteiger partial charge < -0.3 is 17.0 Å². The average Bonchev–Trinajstić information content (AvgIpc) is 2.98. The number of imidazole rings is 1. The fourth-order valence-electron chi connectivity index (χ4n) is 2.31. The number of ketones is 1. The molecule has 0 aliphatic rings. The molecule has 118 valence electrons. The summed E-state index contributed by atoms with van der Waals surface area (Å²) >= 11 is 0. The summed E-state index contributed by atoms with van der Waals surface area (Å²) in [6, 6.07) is 14.0. The fraction of sp³-hybridized carbons (Fsp3) is 0.111. The largest absolute Gasteiger partial charge is 1.00 e. The van der Waals surface area contributed by atoms with Gasteiger partial charge in [-0.3, -0.25) is 4.79 Å². The summed E-state index contributed by atoms with van der Waals surface area (Å²) in [5.41, 5.74) is 2.73. The first kappa shape index (κ1) is 17.1. The number of nitrogens with zero attached hydrogens (tertiary/aromatic N) is 2. The van der Waals surface area contributed by atoms with Crippen molar-refractivity contribution in [3.05, 3.63) is 84.2 Å². The van der Waals surface area contributed by atoms with Gasteiger partial charge in [-0.25, -0.2) is 13.5 Å². The molecule has 0 radical (unpaired) electrons. The first-order valence-electron chi connectivity index (χ1n) is 7.05. The Morgan fingerprint density at radius 2 is 1.74 bits per heavy atom. The molecule has 3 aromatic rings. The van der Waals surface area contributed by atoms with E-state index in [0.717, 1.165) is 11.3 Å². The normalized spacial score (nSPS) is 10.2. The molecular formula is C18H16BrFN2O. The third kappa shape index (κ3) is 4.13. The van der Waals surface area contributed by atoms with Crippen molar-refractivity contribution in [3.8, 4) is 5.69 Å². The Bertz CT molecular complexity index is 795. The second-order valence-electron chi connectivity index (χ2n) is 5.22. The Hall–Kier alpha value is -2.27. The van der Waals surface area contributed by atoms with E-state index in [0.29, 0.717) is 12.1 Å². The summed E-state index contributed by atoms with van der Waals surface area (Å²) in [4.78, 5) is 11.3.